The average molecular weight is 204 g/mol. The van der Waals surface area contributed by atoms with Crippen LogP contribution in [-0.2, 0) is 11.2 Å². The number of amides is 1. The predicted octanol–water partition coefficient (Wildman–Crippen LogP) is 2.49. The maximum atomic E-state index is 10.9. The molecule has 4 heteroatoms. The molecule has 0 saturated carbocycles. The van der Waals surface area contributed by atoms with E-state index >= 15 is 0 Å². The number of rotatable bonds is 3. The Labute approximate surface area is 80.5 Å². The lowest BCUT2D eigenvalue weighted by Gasteiger charge is -2.01. The molecule has 1 aromatic rings. The first-order valence-electron chi connectivity index (χ1n) is 3.68. The summed E-state index contributed by atoms with van der Waals surface area (Å²) in [4.78, 5) is 10.9. The van der Waals surface area contributed by atoms with Gasteiger partial charge in [0, 0.05) is 5.38 Å². The Morgan fingerprint density at radius 1 is 1.67 bits per heavy atom. The second kappa shape index (κ2) is 4.48. The highest BCUT2D eigenvalue weighted by Gasteiger charge is 2.04. The van der Waals surface area contributed by atoms with Crippen LogP contribution in [0.3, 0.4) is 0 Å². The van der Waals surface area contributed by atoms with Crippen molar-refractivity contribution in [3.05, 3.63) is 16.3 Å². The highest BCUT2D eigenvalue weighted by atomic mass is 35.5. The smallest absolute Gasteiger partial charge is 0.239 e. The summed E-state index contributed by atoms with van der Waals surface area (Å²) in [7, 11) is 0. The van der Waals surface area contributed by atoms with Gasteiger partial charge in [-0.3, -0.25) is 4.79 Å². The first kappa shape index (κ1) is 9.55. The Morgan fingerprint density at radius 2 is 2.42 bits per heavy atom. The molecule has 0 aliphatic heterocycles. The number of aryl methyl sites for hydroxylation is 1. The standard InChI is InChI=1S/C8H10ClNOS/c1-2-6-4-12-5-7(6)10-8(11)3-9/h4-5H,2-3H2,1H3,(H,10,11). The quantitative estimate of drug-likeness (QED) is 0.752. The van der Waals surface area contributed by atoms with Crippen LogP contribution in [0, 0.1) is 0 Å². The lowest BCUT2D eigenvalue weighted by atomic mass is 10.2. The van der Waals surface area contributed by atoms with Crippen LogP contribution in [-0.4, -0.2) is 11.8 Å². The third-order valence-electron chi connectivity index (χ3n) is 1.52. The molecule has 0 fully saturated rings. The molecule has 1 aromatic heterocycles. The van der Waals surface area contributed by atoms with Crippen LogP contribution in [0.1, 0.15) is 12.5 Å². The molecule has 0 saturated heterocycles. The highest BCUT2D eigenvalue weighted by molar-refractivity contribution is 7.08. The zero-order chi connectivity index (χ0) is 8.97. The number of nitrogens with one attached hydrogen (secondary N) is 1. The molecular formula is C8H10ClNOS. The fourth-order valence-electron chi connectivity index (χ4n) is 0.891. The fourth-order valence-corrected chi connectivity index (χ4v) is 1.83. The molecule has 12 heavy (non-hydrogen) atoms. The van der Waals surface area contributed by atoms with Gasteiger partial charge in [-0.1, -0.05) is 6.92 Å². The average Bonchev–Trinajstić information content (AvgIpc) is 2.51. The third-order valence-corrected chi connectivity index (χ3v) is 2.55. The molecule has 2 nitrogen and oxygen atoms in total. The molecule has 0 bridgehead atoms. The van der Waals surface area contributed by atoms with Gasteiger partial charge < -0.3 is 5.32 Å². The number of carbonyl (C=O) groups excluding carboxylic acids is 1. The van der Waals surface area contributed by atoms with E-state index in [1.54, 1.807) is 11.3 Å². The molecule has 0 aromatic carbocycles. The van der Waals surface area contributed by atoms with E-state index in [9.17, 15) is 4.79 Å². The van der Waals surface area contributed by atoms with Crippen molar-refractivity contribution in [2.75, 3.05) is 11.2 Å². The van der Waals surface area contributed by atoms with Gasteiger partial charge in [-0.25, -0.2) is 0 Å². The third kappa shape index (κ3) is 2.22. The van der Waals surface area contributed by atoms with Crippen LogP contribution in [0.5, 0.6) is 0 Å². The number of halogens is 1. The second-order valence-corrected chi connectivity index (χ2v) is 3.36. The summed E-state index contributed by atoms with van der Waals surface area (Å²) >= 11 is 6.94. The van der Waals surface area contributed by atoms with Crippen molar-refractivity contribution in [3.8, 4) is 0 Å². The molecule has 0 spiro atoms. The Morgan fingerprint density at radius 3 is 3.00 bits per heavy atom. The van der Waals surface area contributed by atoms with E-state index in [2.05, 4.69) is 12.2 Å². The van der Waals surface area contributed by atoms with Crippen LogP contribution in [0.15, 0.2) is 10.8 Å². The Bertz CT molecular complexity index is 272. The number of hydrogen-bond donors (Lipinski definition) is 1. The van der Waals surface area contributed by atoms with E-state index in [-0.39, 0.29) is 11.8 Å². The molecule has 1 heterocycles. The topological polar surface area (TPSA) is 29.1 Å². The molecular weight excluding hydrogens is 194 g/mol. The van der Waals surface area contributed by atoms with E-state index in [0.717, 1.165) is 12.1 Å². The summed E-state index contributed by atoms with van der Waals surface area (Å²) < 4.78 is 0. The van der Waals surface area contributed by atoms with Gasteiger partial charge in [0.2, 0.25) is 5.91 Å². The summed E-state index contributed by atoms with van der Waals surface area (Å²) in [5, 5.41) is 6.68. The van der Waals surface area contributed by atoms with Crippen molar-refractivity contribution in [1.82, 2.24) is 0 Å². The molecule has 0 aliphatic carbocycles. The van der Waals surface area contributed by atoms with Gasteiger partial charge in [-0.05, 0) is 17.4 Å². The molecule has 0 radical (unpaired) electrons. The largest absolute Gasteiger partial charge is 0.324 e. The van der Waals surface area contributed by atoms with E-state index in [1.165, 1.54) is 5.56 Å². The van der Waals surface area contributed by atoms with Crippen LogP contribution in [0.25, 0.3) is 0 Å². The van der Waals surface area contributed by atoms with Gasteiger partial charge >= 0.3 is 0 Å². The van der Waals surface area contributed by atoms with Crippen molar-refractivity contribution in [1.29, 1.82) is 0 Å². The minimum atomic E-state index is -0.148. The van der Waals surface area contributed by atoms with Crippen molar-refractivity contribution < 1.29 is 4.79 Å². The van der Waals surface area contributed by atoms with Gasteiger partial charge in [0.25, 0.3) is 0 Å². The van der Waals surface area contributed by atoms with E-state index in [4.69, 9.17) is 11.6 Å². The fraction of sp³-hybridized carbons (Fsp3) is 0.375. The maximum absolute atomic E-state index is 10.9. The predicted molar refractivity (Wildman–Crippen MR) is 53.0 cm³/mol. The van der Waals surface area contributed by atoms with E-state index in [1.807, 2.05) is 10.8 Å². The van der Waals surface area contributed by atoms with Gasteiger partial charge in [0.1, 0.15) is 5.88 Å². The molecule has 1 N–H and O–H groups in total. The monoisotopic (exact) mass is 203 g/mol. The summed E-state index contributed by atoms with van der Waals surface area (Å²) in [6.45, 7) is 2.05. The van der Waals surface area contributed by atoms with Crippen LogP contribution in [0.2, 0.25) is 0 Å². The zero-order valence-corrected chi connectivity index (χ0v) is 8.34. The van der Waals surface area contributed by atoms with Crippen LogP contribution >= 0.6 is 22.9 Å². The second-order valence-electron chi connectivity index (χ2n) is 2.35. The van der Waals surface area contributed by atoms with Gasteiger partial charge in [-0.15, -0.1) is 22.9 Å². The van der Waals surface area contributed by atoms with Gasteiger partial charge in [0.15, 0.2) is 0 Å². The number of carbonyl (C=O) groups is 1. The molecule has 1 amide bonds. The maximum Gasteiger partial charge on any atom is 0.239 e. The van der Waals surface area contributed by atoms with Crippen LogP contribution in [0.4, 0.5) is 5.69 Å². The van der Waals surface area contributed by atoms with E-state index < -0.39 is 0 Å². The highest BCUT2D eigenvalue weighted by Crippen LogP contribution is 2.20. The van der Waals surface area contributed by atoms with Gasteiger partial charge in [-0.2, -0.15) is 0 Å². The van der Waals surface area contributed by atoms with Crippen molar-refractivity contribution in [3.63, 3.8) is 0 Å². The lowest BCUT2D eigenvalue weighted by molar-refractivity contribution is -0.113. The molecule has 0 unspecified atom stereocenters. The molecule has 0 atom stereocenters. The lowest BCUT2D eigenvalue weighted by Crippen LogP contribution is -2.12. The minimum absolute atomic E-state index is 0.0129. The molecule has 0 aliphatic rings. The zero-order valence-electron chi connectivity index (χ0n) is 6.76. The number of alkyl halides is 1. The first-order chi connectivity index (χ1) is 5.77. The molecule has 66 valence electrons. The van der Waals surface area contributed by atoms with Crippen molar-refractivity contribution >= 4 is 34.5 Å². The normalized spacial score (nSPS) is 9.83. The Kier molecular flexibility index (Phi) is 3.56. The summed E-state index contributed by atoms with van der Waals surface area (Å²) in [6, 6.07) is 0. The minimum Gasteiger partial charge on any atom is -0.324 e. The van der Waals surface area contributed by atoms with Crippen molar-refractivity contribution in [2.24, 2.45) is 0 Å². The summed E-state index contributed by atoms with van der Waals surface area (Å²) in [5.74, 6) is -0.135. The number of thiophene rings is 1. The molecule has 1 rings (SSSR count). The van der Waals surface area contributed by atoms with Gasteiger partial charge in [0.05, 0.1) is 5.69 Å². The summed E-state index contributed by atoms with van der Waals surface area (Å²) in [6.07, 6.45) is 0.932. The van der Waals surface area contributed by atoms with Crippen molar-refractivity contribution in [2.45, 2.75) is 13.3 Å². The van der Waals surface area contributed by atoms with Crippen LogP contribution < -0.4 is 5.32 Å². The summed E-state index contributed by atoms with van der Waals surface area (Å²) in [5.41, 5.74) is 2.06. The Hall–Kier alpha value is -0.540. The SMILES string of the molecule is CCc1cscc1NC(=O)CCl. The number of hydrogen-bond acceptors (Lipinski definition) is 2. The first-order valence-corrected chi connectivity index (χ1v) is 5.16. The number of anilines is 1. The Balaban J connectivity index is 2.68. The van der Waals surface area contributed by atoms with E-state index in [0.29, 0.717) is 0 Å².